The summed E-state index contributed by atoms with van der Waals surface area (Å²) in [6.45, 7) is 1.93. The van der Waals surface area contributed by atoms with Crippen LogP contribution in [-0.2, 0) is 7.05 Å². The van der Waals surface area contributed by atoms with Gasteiger partial charge < -0.3 is 8.98 Å². The molecule has 0 bridgehead atoms. The summed E-state index contributed by atoms with van der Waals surface area (Å²) in [4.78, 5) is 4.59. The van der Waals surface area contributed by atoms with Gasteiger partial charge in [0.25, 0.3) is 0 Å². The van der Waals surface area contributed by atoms with Gasteiger partial charge in [-0.15, -0.1) is 0 Å². The minimum absolute atomic E-state index is 0.785. The number of furan rings is 1. The maximum atomic E-state index is 5.68. The Morgan fingerprint density at radius 1 is 1.29 bits per heavy atom. The smallest absolute Gasteiger partial charge is 0.177 e. The number of hydrogen-bond donors (Lipinski definition) is 0. The Morgan fingerprint density at radius 3 is 2.71 bits per heavy atom. The van der Waals surface area contributed by atoms with Crippen molar-refractivity contribution in [1.82, 2.24) is 9.55 Å². The molecule has 0 N–H and O–H groups in total. The van der Waals surface area contributed by atoms with Crippen LogP contribution < -0.4 is 0 Å². The summed E-state index contributed by atoms with van der Waals surface area (Å²) in [5, 5.41) is 0. The lowest BCUT2D eigenvalue weighted by atomic mass is 10.3. The van der Waals surface area contributed by atoms with E-state index in [4.69, 9.17) is 4.42 Å². The average Bonchev–Trinajstić information content (AvgIpc) is 2.82. The van der Waals surface area contributed by atoms with Crippen molar-refractivity contribution >= 4 is 27.0 Å². The van der Waals surface area contributed by atoms with Crippen LogP contribution in [0.1, 0.15) is 5.76 Å². The molecule has 0 radical (unpaired) electrons. The second-order valence-corrected chi connectivity index (χ2v) is 4.85. The van der Waals surface area contributed by atoms with Gasteiger partial charge in [0, 0.05) is 13.1 Å². The van der Waals surface area contributed by atoms with Crippen molar-refractivity contribution in [1.29, 1.82) is 0 Å². The quantitative estimate of drug-likeness (QED) is 0.680. The molecule has 0 spiro atoms. The first kappa shape index (κ1) is 10.6. The number of nitrogens with zero attached hydrogens (tertiary/aromatic N) is 2. The largest absolute Gasteiger partial charge is 0.457 e. The lowest BCUT2D eigenvalue weighted by molar-refractivity contribution is 0.540. The van der Waals surface area contributed by atoms with Crippen LogP contribution in [-0.4, -0.2) is 9.55 Å². The number of para-hydroxylation sites is 2. The van der Waals surface area contributed by atoms with E-state index in [0.717, 1.165) is 32.9 Å². The van der Waals surface area contributed by atoms with Gasteiger partial charge in [-0.1, -0.05) is 12.1 Å². The minimum atomic E-state index is 0.785. The molecule has 0 amide bonds. The summed E-state index contributed by atoms with van der Waals surface area (Å²) in [5.74, 6) is 2.50. The number of fused-ring (bicyclic) bond motifs is 1. The standard InChI is InChI=1S/C13H11BrN2O/c1-8-9(14)7-12(17-8)13-15-10-5-3-4-6-11(10)16(13)2/h3-7H,1-2H3. The third-order valence-electron chi connectivity index (χ3n) is 2.86. The maximum Gasteiger partial charge on any atom is 0.177 e. The van der Waals surface area contributed by atoms with Gasteiger partial charge >= 0.3 is 0 Å². The Bertz CT molecular complexity index is 677. The van der Waals surface area contributed by atoms with Crippen molar-refractivity contribution in [2.45, 2.75) is 6.92 Å². The molecular formula is C13H11BrN2O. The fourth-order valence-corrected chi connectivity index (χ4v) is 2.22. The molecule has 0 aliphatic heterocycles. The zero-order valence-electron chi connectivity index (χ0n) is 9.57. The van der Waals surface area contributed by atoms with Crippen molar-refractivity contribution in [3.05, 3.63) is 40.6 Å². The highest BCUT2D eigenvalue weighted by atomic mass is 79.9. The normalized spacial score (nSPS) is 11.2. The van der Waals surface area contributed by atoms with E-state index in [1.807, 2.05) is 42.8 Å². The summed E-state index contributed by atoms with van der Waals surface area (Å²) in [6.07, 6.45) is 0. The number of aryl methyl sites for hydroxylation is 2. The summed E-state index contributed by atoms with van der Waals surface area (Å²) >= 11 is 3.45. The van der Waals surface area contributed by atoms with Crippen LogP contribution in [0.4, 0.5) is 0 Å². The highest BCUT2D eigenvalue weighted by Crippen LogP contribution is 2.29. The predicted octanol–water partition coefficient (Wildman–Crippen LogP) is 3.90. The van der Waals surface area contributed by atoms with Crippen LogP contribution in [0.3, 0.4) is 0 Å². The molecule has 0 atom stereocenters. The summed E-state index contributed by atoms with van der Waals surface area (Å²) in [5.41, 5.74) is 2.09. The summed E-state index contributed by atoms with van der Waals surface area (Å²) < 4.78 is 8.69. The number of rotatable bonds is 1. The molecule has 0 unspecified atom stereocenters. The zero-order valence-corrected chi connectivity index (χ0v) is 11.2. The maximum absolute atomic E-state index is 5.68. The molecule has 2 aromatic heterocycles. The topological polar surface area (TPSA) is 31.0 Å². The first-order valence-electron chi connectivity index (χ1n) is 5.34. The van der Waals surface area contributed by atoms with Gasteiger partial charge in [-0.25, -0.2) is 4.98 Å². The predicted molar refractivity (Wildman–Crippen MR) is 70.9 cm³/mol. The van der Waals surface area contributed by atoms with Crippen molar-refractivity contribution in [3.8, 4) is 11.6 Å². The van der Waals surface area contributed by atoms with Crippen molar-refractivity contribution in [2.24, 2.45) is 7.05 Å². The van der Waals surface area contributed by atoms with E-state index in [9.17, 15) is 0 Å². The fraction of sp³-hybridized carbons (Fsp3) is 0.154. The highest BCUT2D eigenvalue weighted by molar-refractivity contribution is 9.10. The van der Waals surface area contributed by atoms with Gasteiger partial charge in [0.15, 0.2) is 11.6 Å². The molecular weight excluding hydrogens is 280 g/mol. The van der Waals surface area contributed by atoms with E-state index in [1.54, 1.807) is 0 Å². The molecule has 0 aliphatic rings. The lowest BCUT2D eigenvalue weighted by Crippen LogP contribution is -1.90. The molecule has 3 aromatic rings. The number of imidazole rings is 1. The van der Waals surface area contributed by atoms with Crippen LogP contribution in [0.2, 0.25) is 0 Å². The minimum Gasteiger partial charge on any atom is -0.457 e. The Kier molecular flexibility index (Phi) is 2.33. The van der Waals surface area contributed by atoms with Crippen molar-refractivity contribution < 1.29 is 4.42 Å². The molecule has 3 nitrogen and oxygen atoms in total. The highest BCUT2D eigenvalue weighted by Gasteiger charge is 2.14. The molecule has 17 heavy (non-hydrogen) atoms. The zero-order chi connectivity index (χ0) is 12.0. The second kappa shape index (κ2) is 3.74. The molecule has 2 heterocycles. The first-order valence-corrected chi connectivity index (χ1v) is 6.14. The van der Waals surface area contributed by atoms with Gasteiger partial charge in [-0.2, -0.15) is 0 Å². The van der Waals surface area contributed by atoms with Crippen LogP contribution in [0.5, 0.6) is 0 Å². The lowest BCUT2D eigenvalue weighted by Gasteiger charge is -1.97. The SMILES string of the molecule is Cc1oc(-c2nc3ccccc3n2C)cc1Br. The molecule has 86 valence electrons. The molecule has 0 saturated heterocycles. The average molecular weight is 291 g/mol. The molecule has 0 aliphatic carbocycles. The fourth-order valence-electron chi connectivity index (χ4n) is 1.94. The monoisotopic (exact) mass is 290 g/mol. The van der Waals surface area contributed by atoms with Crippen LogP contribution in [0.25, 0.3) is 22.6 Å². The van der Waals surface area contributed by atoms with E-state index in [2.05, 4.69) is 27.0 Å². The Balaban J connectivity index is 2.27. The van der Waals surface area contributed by atoms with E-state index >= 15 is 0 Å². The van der Waals surface area contributed by atoms with Crippen molar-refractivity contribution in [3.63, 3.8) is 0 Å². The molecule has 1 aromatic carbocycles. The molecule has 0 saturated carbocycles. The number of aromatic nitrogens is 2. The van der Waals surface area contributed by atoms with Crippen molar-refractivity contribution in [2.75, 3.05) is 0 Å². The molecule has 3 rings (SSSR count). The Hall–Kier alpha value is -1.55. The van der Waals surface area contributed by atoms with Crippen LogP contribution in [0, 0.1) is 6.92 Å². The second-order valence-electron chi connectivity index (χ2n) is 4.00. The van der Waals surface area contributed by atoms with Gasteiger partial charge in [0.2, 0.25) is 0 Å². The van der Waals surface area contributed by atoms with Gasteiger partial charge in [0.1, 0.15) is 5.76 Å². The Labute approximate surface area is 107 Å². The third-order valence-corrected chi connectivity index (χ3v) is 3.65. The summed E-state index contributed by atoms with van der Waals surface area (Å²) in [6, 6.07) is 10.0. The van der Waals surface area contributed by atoms with E-state index < -0.39 is 0 Å². The summed E-state index contributed by atoms with van der Waals surface area (Å²) in [7, 11) is 2.00. The van der Waals surface area contributed by atoms with E-state index in [-0.39, 0.29) is 0 Å². The number of benzene rings is 1. The van der Waals surface area contributed by atoms with Gasteiger partial charge in [-0.05, 0) is 35.0 Å². The number of hydrogen-bond acceptors (Lipinski definition) is 2. The number of halogens is 1. The van der Waals surface area contributed by atoms with Gasteiger partial charge in [-0.3, -0.25) is 0 Å². The molecule has 4 heteroatoms. The molecule has 0 fully saturated rings. The van der Waals surface area contributed by atoms with E-state index in [1.165, 1.54) is 0 Å². The van der Waals surface area contributed by atoms with Crippen LogP contribution >= 0.6 is 15.9 Å². The van der Waals surface area contributed by atoms with Crippen LogP contribution in [0.15, 0.2) is 39.2 Å². The Morgan fingerprint density at radius 2 is 2.06 bits per heavy atom. The third kappa shape index (κ3) is 1.60. The van der Waals surface area contributed by atoms with E-state index in [0.29, 0.717) is 0 Å². The van der Waals surface area contributed by atoms with Gasteiger partial charge in [0.05, 0.1) is 15.5 Å². The first-order chi connectivity index (χ1) is 8.16.